The van der Waals surface area contributed by atoms with Gasteiger partial charge in [0.2, 0.25) is 0 Å². The molecule has 2 rings (SSSR count). The van der Waals surface area contributed by atoms with Crippen LogP contribution in [0.4, 0.5) is 0 Å². The Hall–Kier alpha value is -1.88. The summed E-state index contributed by atoms with van der Waals surface area (Å²) >= 11 is 0. The van der Waals surface area contributed by atoms with Crippen LogP contribution in [-0.4, -0.2) is 18.4 Å². The standard InChI is InChI=1S/C18H23NO3/c1-18(20,15-8-4-3-5-9-15)12-17(19)22-13-14-7-6-10-16(11-14)21-2/h3-11,17,20H,12-13,19H2,1-2H3. The summed E-state index contributed by atoms with van der Waals surface area (Å²) in [5.41, 5.74) is 6.79. The van der Waals surface area contributed by atoms with Crippen LogP contribution in [0.3, 0.4) is 0 Å². The van der Waals surface area contributed by atoms with E-state index in [1.807, 2.05) is 54.6 Å². The molecule has 2 aromatic rings. The second-order valence-electron chi connectivity index (χ2n) is 5.54. The molecule has 2 aromatic carbocycles. The molecule has 0 heterocycles. The molecule has 3 N–H and O–H groups in total. The summed E-state index contributed by atoms with van der Waals surface area (Å²) in [6.45, 7) is 2.13. The molecule has 4 heteroatoms. The quantitative estimate of drug-likeness (QED) is 0.772. The van der Waals surface area contributed by atoms with E-state index in [1.54, 1.807) is 14.0 Å². The fraction of sp³-hybridized carbons (Fsp3) is 0.333. The van der Waals surface area contributed by atoms with Crippen molar-refractivity contribution in [3.8, 4) is 5.75 Å². The van der Waals surface area contributed by atoms with Crippen LogP contribution in [0.15, 0.2) is 54.6 Å². The van der Waals surface area contributed by atoms with Crippen molar-refractivity contribution in [1.82, 2.24) is 0 Å². The maximum absolute atomic E-state index is 10.6. The van der Waals surface area contributed by atoms with Gasteiger partial charge >= 0.3 is 0 Å². The van der Waals surface area contributed by atoms with E-state index in [4.69, 9.17) is 15.2 Å². The largest absolute Gasteiger partial charge is 0.497 e. The molecule has 0 radical (unpaired) electrons. The second-order valence-corrected chi connectivity index (χ2v) is 5.54. The van der Waals surface area contributed by atoms with Gasteiger partial charge in [-0.2, -0.15) is 0 Å². The molecule has 0 aliphatic carbocycles. The van der Waals surface area contributed by atoms with Crippen molar-refractivity contribution in [2.75, 3.05) is 7.11 Å². The molecular formula is C18H23NO3. The first-order valence-electron chi connectivity index (χ1n) is 7.29. The number of methoxy groups -OCH3 is 1. The maximum Gasteiger partial charge on any atom is 0.119 e. The summed E-state index contributed by atoms with van der Waals surface area (Å²) in [5.74, 6) is 0.783. The van der Waals surface area contributed by atoms with Gasteiger partial charge in [0, 0.05) is 6.42 Å². The van der Waals surface area contributed by atoms with Crippen molar-refractivity contribution in [2.24, 2.45) is 5.73 Å². The SMILES string of the molecule is COc1cccc(COC(N)CC(C)(O)c2ccccc2)c1. The number of hydrogen-bond acceptors (Lipinski definition) is 4. The monoisotopic (exact) mass is 301 g/mol. The number of benzene rings is 2. The minimum Gasteiger partial charge on any atom is -0.497 e. The Labute approximate surface area is 131 Å². The predicted octanol–water partition coefficient (Wildman–Crippen LogP) is 2.79. The van der Waals surface area contributed by atoms with Crippen LogP contribution in [0.5, 0.6) is 5.75 Å². The lowest BCUT2D eigenvalue weighted by Gasteiger charge is -2.27. The maximum atomic E-state index is 10.6. The van der Waals surface area contributed by atoms with Crippen LogP contribution in [0, 0.1) is 0 Å². The highest BCUT2D eigenvalue weighted by Crippen LogP contribution is 2.25. The summed E-state index contributed by atoms with van der Waals surface area (Å²) in [6, 6.07) is 17.1. The van der Waals surface area contributed by atoms with E-state index in [9.17, 15) is 5.11 Å². The van der Waals surface area contributed by atoms with Crippen molar-refractivity contribution >= 4 is 0 Å². The molecule has 0 aliphatic rings. The molecule has 118 valence electrons. The topological polar surface area (TPSA) is 64.7 Å². The summed E-state index contributed by atoms with van der Waals surface area (Å²) < 4.78 is 10.8. The molecule has 0 spiro atoms. The van der Waals surface area contributed by atoms with Crippen molar-refractivity contribution in [3.05, 3.63) is 65.7 Å². The van der Waals surface area contributed by atoms with E-state index >= 15 is 0 Å². The third-order valence-electron chi connectivity index (χ3n) is 3.59. The summed E-state index contributed by atoms with van der Waals surface area (Å²) in [4.78, 5) is 0. The average Bonchev–Trinajstić information content (AvgIpc) is 2.53. The van der Waals surface area contributed by atoms with Crippen LogP contribution in [0.1, 0.15) is 24.5 Å². The van der Waals surface area contributed by atoms with Gasteiger partial charge in [0.25, 0.3) is 0 Å². The minimum absolute atomic E-state index is 0.320. The number of hydrogen-bond donors (Lipinski definition) is 2. The van der Waals surface area contributed by atoms with Gasteiger partial charge in [-0.1, -0.05) is 42.5 Å². The van der Waals surface area contributed by atoms with E-state index in [-0.39, 0.29) is 0 Å². The summed E-state index contributed by atoms with van der Waals surface area (Å²) in [7, 11) is 1.63. The highest BCUT2D eigenvalue weighted by atomic mass is 16.5. The zero-order valence-corrected chi connectivity index (χ0v) is 13.0. The van der Waals surface area contributed by atoms with Gasteiger partial charge in [-0.05, 0) is 30.2 Å². The fourth-order valence-electron chi connectivity index (χ4n) is 2.33. The highest BCUT2D eigenvalue weighted by Gasteiger charge is 2.26. The number of ether oxygens (including phenoxy) is 2. The van der Waals surface area contributed by atoms with Gasteiger partial charge in [-0.15, -0.1) is 0 Å². The summed E-state index contributed by atoms with van der Waals surface area (Å²) in [5, 5.41) is 10.6. The van der Waals surface area contributed by atoms with Gasteiger partial charge in [-0.3, -0.25) is 0 Å². The van der Waals surface area contributed by atoms with E-state index in [1.165, 1.54) is 0 Å². The van der Waals surface area contributed by atoms with E-state index in [0.29, 0.717) is 13.0 Å². The van der Waals surface area contributed by atoms with Crippen molar-refractivity contribution in [2.45, 2.75) is 31.8 Å². The van der Waals surface area contributed by atoms with Gasteiger partial charge < -0.3 is 20.3 Å². The van der Waals surface area contributed by atoms with Crippen molar-refractivity contribution in [1.29, 1.82) is 0 Å². The van der Waals surface area contributed by atoms with Crippen LogP contribution in [0.25, 0.3) is 0 Å². The smallest absolute Gasteiger partial charge is 0.119 e. The predicted molar refractivity (Wildman–Crippen MR) is 86.4 cm³/mol. The first-order chi connectivity index (χ1) is 10.5. The fourth-order valence-corrected chi connectivity index (χ4v) is 2.33. The number of nitrogens with two attached hydrogens (primary N) is 1. The molecule has 2 unspecified atom stereocenters. The third kappa shape index (κ3) is 4.56. The lowest BCUT2D eigenvalue weighted by Crippen LogP contribution is -2.34. The van der Waals surface area contributed by atoms with Crippen molar-refractivity contribution < 1.29 is 14.6 Å². The Bertz CT molecular complexity index is 584. The van der Waals surface area contributed by atoms with E-state index in [0.717, 1.165) is 16.9 Å². The minimum atomic E-state index is -1.02. The van der Waals surface area contributed by atoms with Gasteiger partial charge in [0.05, 0.1) is 19.3 Å². The van der Waals surface area contributed by atoms with Gasteiger partial charge in [-0.25, -0.2) is 0 Å². The molecule has 0 fully saturated rings. The Morgan fingerprint density at radius 3 is 2.55 bits per heavy atom. The third-order valence-corrected chi connectivity index (χ3v) is 3.59. The van der Waals surface area contributed by atoms with E-state index < -0.39 is 11.8 Å². The average molecular weight is 301 g/mol. The molecule has 0 saturated carbocycles. The Morgan fingerprint density at radius 1 is 1.14 bits per heavy atom. The molecule has 2 atom stereocenters. The lowest BCUT2D eigenvalue weighted by atomic mass is 9.92. The zero-order valence-electron chi connectivity index (χ0n) is 13.0. The molecule has 0 amide bonds. The van der Waals surface area contributed by atoms with Gasteiger partial charge in [0.15, 0.2) is 0 Å². The van der Waals surface area contributed by atoms with E-state index in [2.05, 4.69) is 0 Å². The summed E-state index contributed by atoms with van der Waals surface area (Å²) in [6.07, 6.45) is -0.234. The molecular weight excluding hydrogens is 278 g/mol. The Morgan fingerprint density at radius 2 is 1.86 bits per heavy atom. The number of aliphatic hydroxyl groups is 1. The van der Waals surface area contributed by atoms with Crippen LogP contribution < -0.4 is 10.5 Å². The van der Waals surface area contributed by atoms with Crippen LogP contribution in [-0.2, 0) is 16.9 Å². The molecule has 22 heavy (non-hydrogen) atoms. The second kappa shape index (κ2) is 7.40. The molecule has 0 saturated heterocycles. The van der Waals surface area contributed by atoms with Gasteiger partial charge in [0.1, 0.15) is 12.0 Å². The Kier molecular flexibility index (Phi) is 5.55. The Balaban J connectivity index is 1.91. The lowest BCUT2D eigenvalue weighted by molar-refractivity contribution is -0.0366. The normalized spacial score (nSPS) is 15.1. The number of rotatable bonds is 7. The van der Waals surface area contributed by atoms with Crippen LogP contribution >= 0.6 is 0 Å². The first kappa shape index (κ1) is 16.5. The van der Waals surface area contributed by atoms with Crippen LogP contribution in [0.2, 0.25) is 0 Å². The molecule has 4 nitrogen and oxygen atoms in total. The molecule has 0 aliphatic heterocycles. The first-order valence-corrected chi connectivity index (χ1v) is 7.29. The molecule has 0 bridgehead atoms. The molecule has 0 aromatic heterocycles. The zero-order chi connectivity index (χ0) is 16.0. The highest BCUT2D eigenvalue weighted by molar-refractivity contribution is 5.28. The van der Waals surface area contributed by atoms with Crippen molar-refractivity contribution in [3.63, 3.8) is 0 Å².